The van der Waals surface area contributed by atoms with Gasteiger partial charge in [-0.25, -0.2) is 4.98 Å². The van der Waals surface area contributed by atoms with Crippen molar-refractivity contribution >= 4 is 17.5 Å². The van der Waals surface area contributed by atoms with E-state index in [1.54, 1.807) is 41.2 Å². The van der Waals surface area contributed by atoms with E-state index in [1.165, 1.54) is 23.8 Å². The fraction of sp³-hybridized carbons (Fsp3) is 0.400. The number of anilines is 2. The number of likely N-dealkylation sites (tertiary alicyclic amines) is 1. The van der Waals surface area contributed by atoms with Crippen molar-refractivity contribution in [3.05, 3.63) is 76.6 Å². The molecule has 4 heterocycles. The van der Waals surface area contributed by atoms with E-state index in [4.69, 9.17) is 4.98 Å². The second-order valence-corrected chi connectivity index (χ2v) is 13.5. The van der Waals surface area contributed by atoms with Crippen LogP contribution in [0.15, 0.2) is 48.8 Å². The number of fused-ring (bicyclic) bond motifs is 1. The zero-order valence-corrected chi connectivity index (χ0v) is 25.9. The molecular weight excluding hydrogens is 605 g/mol. The SMILES string of the molecule is Cn1cnnc1-c1ccc(C#N)cc1-c1cc(NC2CCC2)nc(N2Cc3c(cc(CN4CCC5(CC5)C4)cc3C(F)(F)F)C2=O)c1. The fourth-order valence-corrected chi connectivity index (χ4v) is 7.22. The second kappa shape index (κ2) is 10.9. The van der Waals surface area contributed by atoms with Crippen LogP contribution in [0.3, 0.4) is 0 Å². The number of aromatic nitrogens is 4. The number of pyridine rings is 1. The maximum Gasteiger partial charge on any atom is 0.416 e. The number of aryl methyl sites for hydroxylation is 1. The number of carbonyl (C=O) groups excluding carboxylic acids is 1. The highest BCUT2D eigenvalue weighted by Crippen LogP contribution is 2.53. The molecule has 2 saturated carbocycles. The Labute approximate surface area is 270 Å². The van der Waals surface area contributed by atoms with Gasteiger partial charge in [0.05, 0.1) is 23.7 Å². The number of nitrogens with zero attached hydrogens (tertiary/aromatic N) is 7. The predicted octanol–water partition coefficient (Wildman–Crippen LogP) is 6.55. The minimum atomic E-state index is -4.62. The molecule has 1 amide bonds. The van der Waals surface area contributed by atoms with Gasteiger partial charge < -0.3 is 9.88 Å². The van der Waals surface area contributed by atoms with Crippen molar-refractivity contribution in [2.75, 3.05) is 23.3 Å². The van der Waals surface area contributed by atoms with Gasteiger partial charge in [0.1, 0.15) is 18.0 Å². The molecule has 1 N–H and O–H groups in total. The Hall–Kier alpha value is -4.76. The highest BCUT2D eigenvalue weighted by atomic mass is 19.4. The lowest BCUT2D eigenvalue weighted by Crippen LogP contribution is -2.28. The molecule has 0 bridgehead atoms. The monoisotopic (exact) mass is 638 g/mol. The van der Waals surface area contributed by atoms with Gasteiger partial charge in [-0.3, -0.25) is 14.6 Å². The van der Waals surface area contributed by atoms with Crippen LogP contribution in [-0.2, 0) is 26.3 Å². The second-order valence-electron chi connectivity index (χ2n) is 13.5. The highest BCUT2D eigenvalue weighted by molar-refractivity contribution is 6.10. The highest BCUT2D eigenvalue weighted by Gasteiger charge is 2.48. The topological polar surface area (TPSA) is 103 Å². The van der Waals surface area contributed by atoms with Gasteiger partial charge in [-0.15, -0.1) is 10.2 Å². The third-order valence-corrected chi connectivity index (χ3v) is 10.2. The molecule has 0 atom stereocenters. The van der Waals surface area contributed by atoms with Crippen molar-refractivity contribution in [1.82, 2.24) is 24.6 Å². The fourth-order valence-electron chi connectivity index (χ4n) is 7.22. The largest absolute Gasteiger partial charge is 0.416 e. The number of nitrogens with one attached hydrogen (secondary N) is 1. The standard InChI is InChI=1S/C35H33F3N8O/c1-44-20-40-43-32(44)25-6-5-21(16-39)11-26(25)23-14-30(41-24-3-2-4-24)42-31(15-23)46-18-28-27(33(46)47)12-22(13-29(28)35(36,37)38)17-45-10-9-34(19-45)7-8-34/h5-6,11-15,20,24H,2-4,7-10,17-19H2,1H3,(H,41,42). The van der Waals surface area contributed by atoms with Crippen LogP contribution in [0, 0.1) is 16.7 Å². The number of alkyl halides is 3. The Balaban J connectivity index is 1.20. The summed E-state index contributed by atoms with van der Waals surface area (Å²) in [4.78, 5) is 22.4. The summed E-state index contributed by atoms with van der Waals surface area (Å²) in [5, 5.41) is 21.5. The van der Waals surface area contributed by atoms with E-state index >= 15 is 0 Å². The molecule has 2 aliphatic heterocycles. The number of amides is 1. The van der Waals surface area contributed by atoms with Gasteiger partial charge in [-0.2, -0.15) is 18.4 Å². The maximum atomic E-state index is 14.5. The Morgan fingerprint density at radius 1 is 1.06 bits per heavy atom. The number of hydrogen-bond acceptors (Lipinski definition) is 7. The summed E-state index contributed by atoms with van der Waals surface area (Å²) in [5.74, 6) is 0.818. The first-order valence-electron chi connectivity index (χ1n) is 16.0. The summed E-state index contributed by atoms with van der Waals surface area (Å²) in [5.41, 5.74) is 2.58. The number of hydrogen-bond donors (Lipinski definition) is 1. The summed E-state index contributed by atoms with van der Waals surface area (Å²) in [6, 6.07) is 14.1. The van der Waals surface area contributed by atoms with Crippen molar-refractivity contribution < 1.29 is 18.0 Å². The molecule has 2 aromatic carbocycles. The summed E-state index contributed by atoms with van der Waals surface area (Å²) in [6.07, 6.45) is 3.43. The van der Waals surface area contributed by atoms with E-state index in [2.05, 4.69) is 26.5 Å². The van der Waals surface area contributed by atoms with Gasteiger partial charge >= 0.3 is 6.18 Å². The van der Waals surface area contributed by atoms with Crippen LogP contribution in [-0.4, -0.2) is 49.7 Å². The molecule has 4 aliphatic rings. The molecule has 2 aromatic heterocycles. The molecule has 9 nitrogen and oxygen atoms in total. The first-order valence-corrected chi connectivity index (χ1v) is 16.0. The van der Waals surface area contributed by atoms with E-state index in [0.29, 0.717) is 51.4 Å². The minimum absolute atomic E-state index is 0.0294. The Bertz CT molecular complexity index is 1950. The van der Waals surface area contributed by atoms with E-state index in [0.717, 1.165) is 38.8 Å². The van der Waals surface area contributed by atoms with Crippen molar-refractivity contribution in [3.63, 3.8) is 0 Å². The van der Waals surface area contributed by atoms with Crippen molar-refractivity contribution in [2.45, 2.75) is 63.8 Å². The van der Waals surface area contributed by atoms with Crippen LogP contribution in [0.2, 0.25) is 0 Å². The number of halogens is 3. The molecular formula is C35H33F3N8O. The number of nitriles is 1. The van der Waals surface area contributed by atoms with Gasteiger partial charge in [0.2, 0.25) is 0 Å². The number of carbonyl (C=O) groups is 1. The smallest absolute Gasteiger partial charge is 0.367 e. The lowest BCUT2D eigenvalue weighted by atomic mass is 9.93. The van der Waals surface area contributed by atoms with Gasteiger partial charge in [-0.05, 0) is 115 Å². The molecule has 1 saturated heterocycles. The van der Waals surface area contributed by atoms with E-state index in [9.17, 15) is 23.2 Å². The maximum absolute atomic E-state index is 14.5. The van der Waals surface area contributed by atoms with Crippen LogP contribution < -0.4 is 10.2 Å². The van der Waals surface area contributed by atoms with Gasteiger partial charge in [0.15, 0.2) is 5.82 Å². The molecule has 1 spiro atoms. The van der Waals surface area contributed by atoms with Crippen LogP contribution >= 0.6 is 0 Å². The minimum Gasteiger partial charge on any atom is -0.367 e. The molecule has 12 heteroatoms. The third-order valence-electron chi connectivity index (χ3n) is 10.2. The predicted molar refractivity (Wildman–Crippen MR) is 169 cm³/mol. The first-order chi connectivity index (χ1) is 22.6. The molecule has 2 aliphatic carbocycles. The molecule has 0 unspecified atom stereocenters. The Morgan fingerprint density at radius 3 is 2.55 bits per heavy atom. The van der Waals surface area contributed by atoms with Crippen LogP contribution in [0.4, 0.5) is 24.8 Å². The molecule has 240 valence electrons. The average molecular weight is 639 g/mol. The third kappa shape index (κ3) is 5.42. The summed E-state index contributed by atoms with van der Waals surface area (Å²) in [6.45, 7) is 1.89. The van der Waals surface area contributed by atoms with E-state index in [1.807, 2.05) is 13.1 Å². The summed E-state index contributed by atoms with van der Waals surface area (Å²) >= 11 is 0. The zero-order chi connectivity index (χ0) is 32.5. The Kier molecular flexibility index (Phi) is 6.88. The van der Waals surface area contributed by atoms with Crippen molar-refractivity contribution in [1.29, 1.82) is 5.26 Å². The lowest BCUT2D eigenvalue weighted by molar-refractivity contribution is -0.138. The van der Waals surface area contributed by atoms with E-state index < -0.39 is 17.6 Å². The molecule has 3 fully saturated rings. The number of benzene rings is 2. The summed E-state index contributed by atoms with van der Waals surface area (Å²) in [7, 11) is 1.82. The Morgan fingerprint density at radius 2 is 1.89 bits per heavy atom. The van der Waals surface area contributed by atoms with Crippen LogP contribution in [0.1, 0.15) is 71.1 Å². The van der Waals surface area contributed by atoms with Gasteiger partial charge in [-0.1, -0.05) is 0 Å². The van der Waals surface area contributed by atoms with Gasteiger partial charge in [0, 0.05) is 37.3 Å². The first kappa shape index (κ1) is 29.6. The average Bonchev–Trinajstić information content (AvgIpc) is 3.28. The zero-order valence-electron chi connectivity index (χ0n) is 25.9. The normalized spacial score (nSPS) is 18.8. The van der Waals surface area contributed by atoms with E-state index in [-0.39, 0.29) is 29.5 Å². The van der Waals surface area contributed by atoms with Crippen molar-refractivity contribution in [2.24, 2.45) is 12.5 Å². The molecule has 0 radical (unpaired) electrons. The van der Waals surface area contributed by atoms with Crippen molar-refractivity contribution in [3.8, 4) is 28.6 Å². The lowest BCUT2D eigenvalue weighted by Gasteiger charge is -2.28. The summed E-state index contributed by atoms with van der Waals surface area (Å²) < 4.78 is 45.4. The molecule has 8 rings (SSSR count). The van der Waals surface area contributed by atoms with Gasteiger partial charge in [0.25, 0.3) is 5.91 Å². The number of rotatable bonds is 7. The van der Waals surface area contributed by atoms with Crippen LogP contribution in [0.5, 0.6) is 0 Å². The quantitative estimate of drug-likeness (QED) is 0.245. The van der Waals surface area contributed by atoms with Crippen LogP contribution in [0.25, 0.3) is 22.5 Å². The molecule has 47 heavy (non-hydrogen) atoms. The molecule has 4 aromatic rings.